The van der Waals surface area contributed by atoms with Crippen LogP contribution in [0, 0.1) is 29.6 Å². The number of carboxylic acids is 1. The molecule has 4 atom stereocenters. The van der Waals surface area contributed by atoms with E-state index >= 15 is 0 Å². The number of ether oxygens (including phenoxy) is 2. The fourth-order valence-corrected chi connectivity index (χ4v) is 3.14. The Kier molecular flexibility index (Phi) is 8.40. The van der Waals surface area contributed by atoms with Crippen molar-refractivity contribution < 1.29 is 19.4 Å². The number of hydrogen-bond acceptors (Lipinski definition) is 3. The Balaban J connectivity index is 0.000000224. The van der Waals surface area contributed by atoms with Gasteiger partial charge in [-0.05, 0) is 48.9 Å². The van der Waals surface area contributed by atoms with Crippen LogP contribution >= 0.6 is 0 Å². The molecule has 0 spiro atoms. The van der Waals surface area contributed by atoms with Crippen LogP contribution in [0.1, 0.15) is 53.9 Å². The molecule has 2 heterocycles. The Morgan fingerprint density at radius 1 is 1.05 bits per heavy atom. The lowest BCUT2D eigenvalue weighted by Crippen LogP contribution is -2.34. The number of aliphatic carboxylic acids is 1. The maximum Gasteiger partial charge on any atom is 0.332 e. The van der Waals surface area contributed by atoms with E-state index in [0.717, 1.165) is 37.4 Å². The van der Waals surface area contributed by atoms with Crippen LogP contribution in [0.25, 0.3) is 0 Å². The van der Waals surface area contributed by atoms with Gasteiger partial charge in [0.2, 0.25) is 0 Å². The monoisotopic (exact) mass is 314 g/mol. The Morgan fingerprint density at radius 2 is 1.68 bits per heavy atom. The van der Waals surface area contributed by atoms with Crippen LogP contribution < -0.4 is 0 Å². The minimum Gasteiger partial charge on any atom is -0.479 e. The second-order valence-corrected chi connectivity index (χ2v) is 7.61. The summed E-state index contributed by atoms with van der Waals surface area (Å²) in [6.07, 6.45) is 2.47. The maximum atomic E-state index is 10.6. The van der Waals surface area contributed by atoms with Gasteiger partial charge < -0.3 is 14.6 Å². The van der Waals surface area contributed by atoms with Crippen molar-refractivity contribution in [3.05, 3.63) is 0 Å². The van der Waals surface area contributed by atoms with Crippen molar-refractivity contribution in [2.45, 2.75) is 60.0 Å². The molecule has 2 fully saturated rings. The third-order valence-electron chi connectivity index (χ3n) is 4.92. The molecule has 22 heavy (non-hydrogen) atoms. The molecule has 0 aromatic carbocycles. The van der Waals surface area contributed by atoms with E-state index in [9.17, 15) is 4.79 Å². The number of carboxylic acid groups (broad SMARTS) is 1. The lowest BCUT2D eigenvalue weighted by molar-refractivity contribution is -0.155. The highest BCUT2D eigenvalue weighted by Gasteiger charge is 2.29. The average molecular weight is 314 g/mol. The molecule has 2 aliphatic rings. The van der Waals surface area contributed by atoms with E-state index in [4.69, 9.17) is 14.6 Å². The van der Waals surface area contributed by atoms with Gasteiger partial charge in [-0.15, -0.1) is 0 Å². The first kappa shape index (κ1) is 19.4. The molecule has 4 nitrogen and oxygen atoms in total. The summed E-state index contributed by atoms with van der Waals surface area (Å²) in [6.45, 7) is 13.7. The summed E-state index contributed by atoms with van der Waals surface area (Å²) in [5.74, 6) is 2.64. The summed E-state index contributed by atoms with van der Waals surface area (Å²) in [7, 11) is 0. The second kappa shape index (κ2) is 9.51. The average Bonchev–Trinajstić information content (AvgIpc) is 2.48. The van der Waals surface area contributed by atoms with Crippen LogP contribution in [0.2, 0.25) is 0 Å². The van der Waals surface area contributed by atoms with Gasteiger partial charge in [0.05, 0.1) is 0 Å². The van der Waals surface area contributed by atoms with Gasteiger partial charge in [-0.2, -0.15) is 0 Å². The number of hydrogen-bond donors (Lipinski definition) is 1. The molecule has 2 aliphatic heterocycles. The molecule has 2 saturated heterocycles. The van der Waals surface area contributed by atoms with Gasteiger partial charge in [0.15, 0.2) is 6.10 Å². The van der Waals surface area contributed by atoms with Crippen molar-refractivity contribution in [3.63, 3.8) is 0 Å². The van der Waals surface area contributed by atoms with Gasteiger partial charge in [-0.1, -0.05) is 34.6 Å². The van der Waals surface area contributed by atoms with Crippen molar-refractivity contribution >= 4 is 5.97 Å². The quantitative estimate of drug-likeness (QED) is 0.860. The highest BCUT2D eigenvalue weighted by molar-refractivity contribution is 5.72. The summed E-state index contributed by atoms with van der Waals surface area (Å²) in [5, 5.41) is 8.71. The van der Waals surface area contributed by atoms with E-state index in [-0.39, 0.29) is 0 Å². The zero-order valence-corrected chi connectivity index (χ0v) is 14.9. The smallest absolute Gasteiger partial charge is 0.332 e. The summed E-state index contributed by atoms with van der Waals surface area (Å²) in [5.41, 5.74) is 0. The Morgan fingerprint density at radius 3 is 2.14 bits per heavy atom. The summed E-state index contributed by atoms with van der Waals surface area (Å²) in [6, 6.07) is 0. The van der Waals surface area contributed by atoms with Gasteiger partial charge >= 0.3 is 5.97 Å². The molecule has 4 unspecified atom stereocenters. The first-order valence-electron chi connectivity index (χ1n) is 8.73. The molecule has 0 aromatic heterocycles. The first-order valence-corrected chi connectivity index (χ1v) is 8.73. The largest absolute Gasteiger partial charge is 0.479 e. The third-order valence-corrected chi connectivity index (χ3v) is 4.92. The maximum absolute atomic E-state index is 10.6. The first-order chi connectivity index (χ1) is 10.3. The van der Waals surface area contributed by atoms with E-state index in [1.807, 2.05) is 0 Å². The number of carbonyl (C=O) groups is 1. The van der Waals surface area contributed by atoms with Crippen LogP contribution in [-0.4, -0.2) is 37.0 Å². The molecule has 0 aromatic rings. The molecule has 0 bridgehead atoms. The van der Waals surface area contributed by atoms with Crippen molar-refractivity contribution in [2.75, 3.05) is 19.8 Å². The SMILES string of the molecule is CC(C)C1CCOC(C(=O)O)C1.CC1COCC(C(C)C)C1. The predicted molar refractivity (Wildman–Crippen MR) is 87.9 cm³/mol. The zero-order chi connectivity index (χ0) is 16.7. The minimum absolute atomic E-state index is 0.514. The summed E-state index contributed by atoms with van der Waals surface area (Å²) in [4.78, 5) is 10.6. The molecule has 4 heteroatoms. The van der Waals surface area contributed by atoms with Crippen LogP contribution in [0.3, 0.4) is 0 Å². The molecule has 0 saturated carbocycles. The standard InChI is InChI=1S/C9H16O3.C9H18O/c1-6(2)7-3-4-12-8(5-7)9(10)11;1-7(2)9-4-8(3)5-10-6-9/h6-8H,3-5H2,1-2H3,(H,10,11);7-9H,4-6H2,1-3H3. The van der Waals surface area contributed by atoms with Crippen molar-refractivity contribution in [1.82, 2.24) is 0 Å². The van der Waals surface area contributed by atoms with Crippen molar-refractivity contribution in [1.29, 1.82) is 0 Å². The zero-order valence-electron chi connectivity index (χ0n) is 14.9. The Labute approximate surface area is 135 Å². The topological polar surface area (TPSA) is 55.8 Å². The van der Waals surface area contributed by atoms with E-state index in [1.54, 1.807) is 0 Å². The minimum atomic E-state index is -0.819. The predicted octanol–water partition coefficient (Wildman–Crippen LogP) is 3.84. The lowest BCUT2D eigenvalue weighted by atomic mass is 9.86. The Hall–Kier alpha value is -0.610. The van der Waals surface area contributed by atoms with Crippen LogP contribution in [0.15, 0.2) is 0 Å². The van der Waals surface area contributed by atoms with Crippen LogP contribution in [-0.2, 0) is 14.3 Å². The van der Waals surface area contributed by atoms with E-state index in [1.165, 1.54) is 6.42 Å². The second-order valence-electron chi connectivity index (χ2n) is 7.61. The van der Waals surface area contributed by atoms with Crippen LogP contribution in [0.5, 0.6) is 0 Å². The van der Waals surface area contributed by atoms with Gasteiger partial charge in [-0.3, -0.25) is 0 Å². The normalized spacial score (nSPS) is 32.5. The van der Waals surface area contributed by atoms with Crippen molar-refractivity contribution in [2.24, 2.45) is 29.6 Å². The lowest BCUT2D eigenvalue weighted by Gasteiger charge is -2.29. The van der Waals surface area contributed by atoms with Gasteiger partial charge in [0.25, 0.3) is 0 Å². The highest BCUT2D eigenvalue weighted by atomic mass is 16.5. The fraction of sp³-hybridized carbons (Fsp3) is 0.944. The van der Waals surface area contributed by atoms with Crippen molar-refractivity contribution in [3.8, 4) is 0 Å². The Bertz CT molecular complexity index is 327. The molecule has 130 valence electrons. The summed E-state index contributed by atoms with van der Waals surface area (Å²) < 4.78 is 10.6. The molecule has 2 rings (SSSR count). The van der Waals surface area contributed by atoms with Gasteiger partial charge in [0, 0.05) is 19.8 Å². The molecule has 0 radical (unpaired) electrons. The fourth-order valence-electron chi connectivity index (χ4n) is 3.14. The number of rotatable bonds is 3. The molecular formula is C18H34O4. The van der Waals surface area contributed by atoms with E-state index < -0.39 is 12.1 Å². The van der Waals surface area contributed by atoms with Gasteiger partial charge in [-0.25, -0.2) is 4.79 Å². The molecule has 0 aliphatic carbocycles. The van der Waals surface area contributed by atoms with E-state index in [2.05, 4.69) is 34.6 Å². The van der Waals surface area contributed by atoms with Crippen LogP contribution in [0.4, 0.5) is 0 Å². The third kappa shape index (κ3) is 6.66. The van der Waals surface area contributed by atoms with E-state index in [0.29, 0.717) is 24.9 Å². The molecule has 1 N–H and O–H groups in total. The molecular weight excluding hydrogens is 280 g/mol. The molecule has 0 amide bonds. The van der Waals surface area contributed by atoms with Gasteiger partial charge in [0.1, 0.15) is 0 Å². The summed E-state index contributed by atoms with van der Waals surface area (Å²) >= 11 is 0. The highest BCUT2D eigenvalue weighted by Crippen LogP contribution is 2.27.